The van der Waals surface area contributed by atoms with Crippen LogP contribution >= 0.6 is 0 Å². The molecule has 20 heavy (non-hydrogen) atoms. The minimum atomic E-state index is -0.391. The Labute approximate surface area is 118 Å². The Morgan fingerprint density at radius 2 is 2.00 bits per heavy atom. The van der Waals surface area contributed by atoms with Gasteiger partial charge in [-0.05, 0) is 36.1 Å². The predicted octanol–water partition coefficient (Wildman–Crippen LogP) is 2.57. The monoisotopic (exact) mass is 276 g/mol. The first-order valence-electron chi connectivity index (χ1n) is 6.74. The fourth-order valence-corrected chi connectivity index (χ4v) is 2.48. The van der Waals surface area contributed by atoms with Crippen molar-refractivity contribution in [3.05, 3.63) is 23.3 Å². The second-order valence-corrected chi connectivity index (χ2v) is 5.29. The number of aryl methyl sites for hydroxylation is 1. The molecule has 3 amide bonds. The summed E-state index contributed by atoms with van der Waals surface area (Å²) in [5.41, 5.74) is 3.02. The Morgan fingerprint density at radius 3 is 2.55 bits per heavy atom. The standard InChI is InChI=1S/C15H20N2O3/c1-9(2)11-8-12(13(20-4)7-10(11)3)17-6-5-14(18)16-15(17)19/h7-9H,5-6H2,1-4H3,(H,16,18,19). The van der Waals surface area contributed by atoms with Gasteiger partial charge >= 0.3 is 6.03 Å². The predicted molar refractivity (Wildman–Crippen MR) is 77.3 cm³/mol. The van der Waals surface area contributed by atoms with Gasteiger partial charge in [0.1, 0.15) is 5.75 Å². The molecule has 0 bridgehead atoms. The maximum Gasteiger partial charge on any atom is 0.328 e. The van der Waals surface area contributed by atoms with Crippen molar-refractivity contribution in [3.8, 4) is 5.75 Å². The highest BCUT2D eigenvalue weighted by atomic mass is 16.5. The van der Waals surface area contributed by atoms with Crippen molar-refractivity contribution < 1.29 is 14.3 Å². The number of amides is 3. The number of rotatable bonds is 3. The summed E-state index contributed by atoms with van der Waals surface area (Å²) in [6.45, 7) is 6.62. The molecule has 0 radical (unpaired) electrons. The zero-order valence-corrected chi connectivity index (χ0v) is 12.3. The van der Waals surface area contributed by atoms with Crippen LogP contribution in [0, 0.1) is 6.92 Å². The molecule has 5 nitrogen and oxygen atoms in total. The minimum Gasteiger partial charge on any atom is -0.495 e. The highest BCUT2D eigenvalue weighted by Crippen LogP contribution is 2.35. The molecular formula is C15H20N2O3. The molecule has 1 aliphatic rings. The Balaban J connectivity index is 2.46. The van der Waals surface area contributed by atoms with Gasteiger partial charge in [0.2, 0.25) is 5.91 Å². The third-order valence-electron chi connectivity index (χ3n) is 3.53. The van der Waals surface area contributed by atoms with Gasteiger partial charge in [-0.3, -0.25) is 15.0 Å². The summed E-state index contributed by atoms with van der Waals surface area (Å²) in [6, 6.07) is 3.53. The first-order valence-corrected chi connectivity index (χ1v) is 6.74. The molecule has 1 saturated heterocycles. The normalized spacial score (nSPS) is 15.6. The summed E-state index contributed by atoms with van der Waals surface area (Å²) in [5.74, 6) is 0.770. The van der Waals surface area contributed by atoms with Gasteiger partial charge in [-0.15, -0.1) is 0 Å². The summed E-state index contributed by atoms with van der Waals surface area (Å²) in [5, 5.41) is 2.33. The van der Waals surface area contributed by atoms with Gasteiger partial charge in [0, 0.05) is 13.0 Å². The van der Waals surface area contributed by atoms with Crippen LogP contribution in [0.4, 0.5) is 10.5 Å². The fraction of sp³-hybridized carbons (Fsp3) is 0.467. The Bertz CT molecular complexity index is 552. The molecule has 0 saturated carbocycles. The van der Waals surface area contributed by atoms with Gasteiger partial charge < -0.3 is 4.74 Å². The zero-order valence-electron chi connectivity index (χ0n) is 12.3. The summed E-state index contributed by atoms with van der Waals surface area (Å²) in [6.07, 6.45) is 0.305. The molecule has 1 aromatic carbocycles. The van der Waals surface area contributed by atoms with Crippen LogP contribution in [0.15, 0.2) is 12.1 Å². The summed E-state index contributed by atoms with van der Waals surface area (Å²) in [7, 11) is 1.58. The van der Waals surface area contributed by atoms with E-state index in [0.717, 1.165) is 5.56 Å². The van der Waals surface area contributed by atoms with Crippen molar-refractivity contribution >= 4 is 17.6 Å². The van der Waals surface area contributed by atoms with E-state index < -0.39 is 6.03 Å². The molecule has 0 unspecified atom stereocenters. The van der Waals surface area contributed by atoms with Gasteiger partial charge in [-0.1, -0.05) is 13.8 Å². The van der Waals surface area contributed by atoms with E-state index in [1.165, 1.54) is 5.56 Å². The number of hydrogen-bond donors (Lipinski definition) is 1. The number of carbonyl (C=O) groups is 2. The number of urea groups is 1. The van der Waals surface area contributed by atoms with Crippen molar-refractivity contribution in [2.45, 2.75) is 33.1 Å². The molecule has 1 aliphatic heterocycles. The van der Waals surface area contributed by atoms with Crippen molar-refractivity contribution in [2.24, 2.45) is 0 Å². The average Bonchev–Trinajstić information content (AvgIpc) is 2.38. The number of ether oxygens (including phenoxy) is 1. The minimum absolute atomic E-state index is 0.235. The highest BCUT2D eigenvalue weighted by Gasteiger charge is 2.27. The SMILES string of the molecule is COc1cc(C)c(C(C)C)cc1N1CCC(=O)NC1=O. The third-order valence-corrected chi connectivity index (χ3v) is 3.53. The lowest BCUT2D eigenvalue weighted by molar-refractivity contribution is -0.120. The highest BCUT2D eigenvalue weighted by molar-refractivity contribution is 6.06. The largest absolute Gasteiger partial charge is 0.495 e. The van der Waals surface area contributed by atoms with Gasteiger partial charge in [0.25, 0.3) is 0 Å². The van der Waals surface area contributed by atoms with Crippen LogP contribution in [0.2, 0.25) is 0 Å². The van der Waals surface area contributed by atoms with Gasteiger partial charge in [-0.2, -0.15) is 0 Å². The van der Waals surface area contributed by atoms with Crippen LogP contribution in [-0.4, -0.2) is 25.6 Å². The van der Waals surface area contributed by atoms with E-state index >= 15 is 0 Å². The maximum absolute atomic E-state index is 12.0. The van der Waals surface area contributed by atoms with Gasteiger partial charge in [-0.25, -0.2) is 4.79 Å². The number of anilines is 1. The first kappa shape index (κ1) is 14.4. The molecule has 108 valence electrons. The van der Waals surface area contributed by atoms with Crippen molar-refractivity contribution in [1.29, 1.82) is 0 Å². The van der Waals surface area contributed by atoms with E-state index in [9.17, 15) is 9.59 Å². The van der Waals surface area contributed by atoms with E-state index in [1.807, 2.05) is 19.1 Å². The van der Waals surface area contributed by atoms with E-state index in [1.54, 1.807) is 12.0 Å². The Kier molecular flexibility index (Phi) is 3.97. The van der Waals surface area contributed by atoms with Crippen LogP contribution in [0.5, 0.6) is 5.75 Å². The quantitative estimate of drug-likeness (QED) is 0.923. The molecule has 5 heteroatoms. The van der Waals surface area contributed by atoms with Crippen molar-refractivity contribution in [1.82, 2.24) is 5.32 Å². The second-order valence-electron chi connectivity index (χ2n) is 5.29. The molecular weight excluding hydrogens is 256 g/mol. The van der Waals surface area contributed by atoms with E-state index in [0.29, 0.717) is 30.3 Å². The average molecular weight is 276 g/mol. The maximum atomic E-state index is 12.0. The molecule has 1 heterocycles. The fourth-order valence-electron chi connectivity index (χ4n) is 2.48. The lowest BCUT2D eigenvalue weighted by Gasteiger charge is -2.29. The second kappa shape index (κ2) is 5.53. The van der Waals surface area contributed by atoms with Crippen LogP contribution in [-0.2, 0) is 4.79 Å². The van der Waals surface area contributed by atoms with Crippen molar-refractivity contribution in [2.75, 3.05) is 18.6 Å². The van der Waals surface area contributed by atoms with Gasteiger partial charge in [0.05, 0.1) is 12.8 Å². The topological polar surface area (TPSA) is 58.6 Å². The molecule has 0 spiro atoms. The number of nitrogens with zero attached hydrogens (tertiary/aromatic N) is 1. The van der Waals surface area contributed by atoms with E-state index in [2.05, 4.69) is 19.2 Å². The van der Waals surface area contributed by atoms with Crippen LogP contribution in [0.25, 0.3) is 0 Å². The smallest absolute Gasteiger partial charge is 0.328 e. The third kappa shape index (κ3) is 2.61. The molecule has 2 rings (SSSR count). The Hall–Kier alpha value is -2.04. The molecule has 1 N–H and O–H groups in total. The van der Waals surface area contributed by atoms with Crippen LogP contribution in [0.3, 0.4) is 0 Å². The number of hydrogen-bond acceptors (Lipinski definition) is 3. The zero-order chi connectivity index (χ0) is 14.9. The van der Waals surface area contributed by atoms with Crippen LogP contribution < -0.4 is 15.0 Å². The number of carbonyl (C=O) groups excluding carboxylic acids is 2. The first-order chi connectivity index (χ1) is 9.43. The molecule has 1 fully saturated rings. The van der Waals surface area contributed by atoms with Gasteiger partial charge in [0.15, 0.2) is 0 Å². The van der Waals surface area contributed by atoms with Crippen LogP contribution in [0.1, 0.15) is 37.3 Å². The summed E-state index contributed by atoms with van der Waals surface area (Å²) < 4.78 is 5.38. The number of nitrogens with one attached hydrogen (secondary N) is 1. The number of benzene rings is 1. The number of methoxy groups -OCH3 is 1. The number of imide groups is 1. The molecule has 0 atom stereocenters. The lowest BCUT2D eigenvalue weighted by atomic mass is 9.96. The molecule has 0 aromatic heterocycles. The van der Waals surface area contributed by atoms with Crippen molar-refractivity contribution in [3.63, 3.8) is 0 Å². The molecule has 0 aliphatic carbocycles. The Morgan fingerprint density at radius 1 is 1.30 bits per heavy atom. The van der Waals surface area contributed by atoms with E-state index in [4.69, 9.17) is 4.74 Å². The lowest BCUT2D eigenvalue weighted by Crippen LogP contribution is -2.49. The van der Waals surface area contributed by atoms with E-state index in [-0.39, 0.29) is 5.91 Å². The summed E-state index contributed by atoms with van der Waals surface area (Å²) >= 11 is 0. The summed E-state index contributed by atoms with van der Waals surface area (Å²) in [4.78, 5) is 24.8. The molecule has 1 aromatic rings.